The van der Waals surface area contributed by atoms with Crippen molar-refractivity contribution in [3.8, 4) is 0 Å². The Kier molecular flexibility index (Phi) is 4.87. The number of hydrogen-bond donors (Lipinski definition) is 1. The molecule has 21 heavy (non-hydrogen) atoms. The number of aliphatic carboxylic acids is 1. The molecule has 3 nitrogen and oxygen atoms in total. The Labute approximate surface area is 128 Å². The molecule has 0 aromatic heterocycles. The van der Waals surface area contributed by atoms with Gasteiger partial charge in [0, 0.05) is 12.3 Å². The molecular weight excluding hydrogens is 264 g/mol. The number of Topliss-reactive ketones (excluding diaryl/α,β-unsaturated/α-hetero) is 1. The van der Waals surface area contributed by atoms with E-state index in [0.717, 1.165) is 5.57 Å². The van der Waals surface area contributed by atoms with Crippen molar-refractivity contribution in [1.82, 2.24) is 0 Å². The number of allylic oxidation sites excluding steroid dienone is 3. The Morgan fingerprint density at radius 1 is 1.00 bits per heavy atom. The standard InChI is InChI=1S/C18H28O3/c1-11(19)8-12-9-14(17(2,3)4)15(18(5,6)7)10-13(12)16(20)21/h9-10,12-13H,8H2,1-7H3,(H,20,21). The molecule has 0 saturated carbocycles. The molecule has 0 aliphatic heterocycles. The van der Waals surface area contributed by atoms with Crippen molar-refractivity contribution in [3.63, 3.8) is 0 Å². The quantitative estimate of drug-likeness (QED) is 0.846. The van der Waals surface area contributed by atoms with Gasteiger partial charge in [-0.3, -0.25) is 4.79 Å². The Morgan fingerprint density at radius 2 is 1.43 bits per heavy atom. The van der Waals surface area contributed by atoms with E-state index in [9.17, 15) is 14.7 Å². The second kappa shape index (κ2) is 5.78. The van der Waals surface area contributed by atoms with E-state index in [4.69, 9.17) is 0 Å². The van der Waals surface area contributed by atoms with Gasteiger partial charge in [-0.15, -0.1) is 0 Å². The lowest BCUT2D eigenvalue weighted by Crippen LogP contribution is -2.31. The molecule has 1 N–H and O–H groups in total. The van der Waals surface area contributed by atoms with Gasteiger partial charge in [-0.1, -0.05) is 53.7 Å². The summed E-state index contributed by atoms with van der Waals surface area (Å²) in [5.74, 6) is -1.69. The van der Waals surface area contributed by atoms with E-state index in [0.29, 0.717) is 0 Å². The number of ketones is 1. The molecule has 1 aliphatic carbocycles. The molecule has 3 heteroatoms. The highest BCUT2D eigenvalue weighted by molar-refractivity contribution is 5.79. The van der Waals surface area contributed by atoms with Crippen LogP contribution in [-0.4, -0.2) is 16.9 Å². The molecule has 0 radical (unpaired) electrons. The van der Waals surface area contributed by atoms with Gasteiger partial charge in [0.15, 0.2) is 0 Å². The van der Waals surface area contributed by atoms with E-state index in [-0.39, 0.29) is 29.0 Å². The van der Waals surface area contributed by atoms with E-state index in [2.05, 4.69) is 41.5 Å². The van der Waals surface area contributed by atoms with E-state index in [1.54, 1.807) is 0 Å². The fourth-order valence-electron chi connectivity index (χ4n) is 2.88. The maximum Gasteiger partial charge on any atom is 0.310 e. The summed E-state index contributed by atoms with van der Waals surface area (Å²) in [7, 11) is 0. The highest BCUT2D eigenvalue weighted by Crippen LogP contribution is 2.45. The van der Waals surface area contributed by atoms with Crippen molar-refractivity contribution in [3.05, 3.63) is 23.3 Å². The Balaban J connectivity index is 3.40. The third-order valence-electron chi connectivity index (χ3n) is 3.90. The average molecular weight is 292 g/mol. The van der Waals surface area contributed by atoms with Crippen LogP contribution in [0.4, 0.5) is 0 Å². The highest BCUT2D eigenvalue weighted by Gasteiger charge is 2.37. The summed E-state index contributed by atoms with van der Waals surface area (Å²) >= 11 is 0. The topological polar surface area (TPSA) is 54.4 Å². The number of carboxylic acids is 1. The predicted octanol–water partition coefficient (Wildman–Crippen LogP) is 4.24. The summed E-state index contributed by atoms with van der Waals surface area (Å²) in [6.07, 6.45) is 4.18. The van der Waals surface area contributed by atoms with Crippen LogP contribution in [0, 0.1) is 22.7 Å². The van der Waals surface area contributed by atoms with Gasteiger partial charge in [0.25, 0.3) is 0 Å². The first-order valence-corrected chi connectivity index (χ1v) is 7.51. The van der Waals surface area contributed by atoms with Crippen molar-refractivity contribution in [1.29, 1.82) is 0 Å². The summed E-state index contributed by atoms with van der Waals surface area (Å²) in [4.78, 5) is 23.1. The van der Waals surface area contributed by atoms with Gasteiger partial charge in [-0.25, -0.2) is 0 Å². The molecule has 0 aromatic carbocycles. The van der Waals surface area contributed by atoms with Crippen LogP contribution in [0.5, 0.6) is 0 Å². The van der Waals surface area contributed by atoms with Gasteiger partial charge in [0.2, 0.25) is 0 Å². The Morgan fingerprint density at radius 3 is 1.76 bits per heavy atom. The maximum atomic E-state index is 11.6. The second-order valence-electron chi connectivity index (χ2n) is 8.09. The number of carboxylic acid groups (broad SMARTS) is 1. The summed E-state index contributed by atoms with van der Waals surface area (Å²) in [6, 6.07) is 0. The van der Waals surface area contributed by atoms with Gasteiger partial charge < -0.3 is 9.90 Å². The van der Waals surface area contributed by atoms with E-state index < -0.39 is 11.9 Å². The molecular formula is C18H28O3. The maximum absolute atomic E-state index is 11.6. The van der Waals surface area contributed by atoms with Gasteiger partial charge >= 0.3 is 5.97 Å². The molecule has 0 heterocycles. The molecule has 0 amide bonds. The zero-order valence-corrected chi connectivity index (χ0v) is 14.3. The van der Waals surface area contributed by atoms with Gasteiger partial charge in [-0.05, 0) is 28.9 Å². The first-order chi connectivity index (χ1) is 9.34. The molecule has 118 valence electrons. The lowest BCUT2D eigenvalue weighted by atomic mass is 9.66. The van der Waals surface area contributed by atoms with Crippen LogP contribution in [0.2, 0.25) is 0 Å². The largest absolute Gasteiger partial charge is 0.481 e. The minimum Gasteiger partial charge on any atom is -0.481 e. The molecule has 2 atom stereocenters. The fraction of sp³-hybridized carbons (Fsp3) is 0.667. The zero-order chi connectivity index (χ0) is 16.6. The molecule has 0 aromatic rings. The Hall–Kier alpha value is -1.38. The molecule has 0 saturated heterocycles. The molecule has 0 bridgehead atoms. The minimum atomic E-state index is -0.854. The van der Waals surface area contributed by atoms with Gasteiger partial charge in [0.05, 0.1) is 5.92 Å². The summed E-state index contributed by atoms with van der Waals surface area (Å²) in [5, 5.41) is 9.51. The molecule has 0 fully saturated rings. The molecule has 1 aliphatic rings. The van der Waals surface area contributed by atoms with Crippen molar-refractivity contribution in [2.75, 3.05) is 0 Å². The SMILES string of the molecule is CC(=O)CC1C=C(C(C)(C)C)C(C(C)(C)C)=CC1C(=O)O. The van der Waals surface area contributed by atoms with Crippen LogP contribution in [-0.2, 0) is 9.59 Å². The van der Waals surface area contributed by atoms with E-state index in [1.807, 2.05) is 12.2 Å². The third-order valence-corrected chi connectivity index (χ3v) is 3.90. The predicted molar refractivity (Wildman–Crippen MR) is 85.0 cm³/mol. The smallest absolute Gasteiger partial charge is 0.310 e. The van der Waals surface area contributed by atoms with Crippen LogP contribution in [0.25, 0.3) is 0 Å². The third kappa shape index (κ3) is 4.29. The zero-order valence-electron chi connectivity index (χ0n) is 14.3. The van der Waals surface area contributed by atoms with Crippen molar-refractivity contribution < 1.29 is 14.7 Å². The van der Waals surface area contributed by atoms with Gasteiger partial charge in [-0.2, -0.15) is 0 Å². The van der Waals surface area contributed by atoms with Gasteiger partial charge in [0.1, 0.15) is 5.78 Å². The summed E-state index contributed by atoms with van der Waals surface area (Å²) in [5.41, 5.74) is 2.06. The average Bonchev–Trinajstić information content (AvgIpc) is 2.24. The van der Waals surface area contributed by atoms with Crippen LogP contribution in [0.3, 0.4) is 0 Å². The van der Waals surface area contributed by atoms with Crippen LogP contribution in [0.1, 0.15) is 54.9 Å². The lowest BCUT2D eigenvalue weighted by Gasteiger charge is -2.38. The number of carbonyl (C=O) groups is 2. The van der Waals surface area contributed by atoms with Crippen molar-refractivity contribution in [2.24, 2.45) is 22.7 Å². The summed E-state index contributed by atoms with van der Waals surface area (Å²) < 4.78 is 0. The normalized spacial score (nSPS) is 23.4. The lowest BCUT2D eigenvalue weighted by molar-refractivity contribution is -0.141. The number of carbonyl (C=O) groups excluding carboxylic acids is 1. The minimum absolute atomic E-state index is 0.0309. The highest BCUT2D eigenvalue weighted by atomic mass is 16.4. The van der Waals surface area contributed by atoms with Crippen LogP contribution < -0.4 is 0 Å². The molecule has 1 rings (SSSR count). The van der Waals surface area contributed by atoms with Crippen LogP contribution >= 0.6 is 0 Å². The van der Waals surface area contributed by atoms with E-state index >= 15 is 0 Å². The molecule has 0 spiro atoms. The first-order valence-electron chi connectivity index (χ1n) is 7.51. The first kappa shape index (κ1) is 17.7. The fourth-order valence-corrected chi connectivity index (χ4v) is 2.88. The summed E-state index contributed by atoms with van der Waals surface area (Å²) in [6.45, 7) is 14.2. The van der Waals surface area contributed by atoms with Crippen molar-refractivity contribution in [2.45, 2.75) is 54.9 Å². The molecule has 2 unspecified atom stereocenters. The number of hydrogen-bond acceptors (Lipinski definition) is 2. The number of rotatable bonds is 3. The van der Waals surface area contributed by atoms with Crippen LogP contribution in [0.15, 0.2) is 23.3 Å². The second-order valence-corrected chi connectivity index (χ2v) is 8.09. The monoisotopic (exact) mass is 292 g/mol. The van der Waals surface area contributed by atoms with E-state index in [1.165, 1.54) is 12.5 Å². The Bertz CT molecular complexity index is 496. The van der Waals surface area contributed by atoms with Crippen molar-refractivity contribution >= 4 is 11.8 Å².